The molecule has 0 radical (unpaired) electrons. The Hall–Kier alpha value is -5.94. The Balaban J connectivity index is 0.841. The molecule has 374 valence electrons. The van der Waals surface area contributed by atoms with E-state index in [1.807, 2.05) is 57.5 Å². The van der Waals surface area contributed by atoms with Crippen LogP contribution in [0.25, 0.3) is 10.4 Å². The third-order valence-electron chi connectivity index (χ3n) is 12.1. The molecule has 19 heteroatoms. The number of hydrogen-bond acceptors (Lipinski definition) is 11. The number of hydrogen-bond donors (Lipinski definition) is 2. The van der Waals surface area contributed by atoms with Gasteiger partial charge in [0.1, 0.15) is 30.0 Å². The van der Waals surface area contributed by atoms with Crippen LogP contribution >= 0.6 is 23.6 Å². The first-order valence-electron chi connectivity index (χ1n) is 23.3. The zero-order chi connectivity index (χ0) is 50.8. The number of nitrogens with zero attached hydrogens (tertiary/aromatic N) is 5. The Morgan fingerprint density at radius 3 is 2.27 bits per heavy atom. The Morgan fingerprint density at radius 1 is 0.943 bits per heavy atom. The fourth-order valence-corrected chi connectivity index (χ4v) is 9.67. The second-order valence-corrected chi connectivity index (χ2v) is 20.0. The number of ether oxygens (including phenoxy) is 3. The lowest BCUT2D eigenvalue weighted by molar-refractivity contribution is -0.144. The Bertz CT molecular complexity index is 2540. The molecule has 2 N–H and O–H groups in total. The SMILES string of the molecule is Cc1ncsc1-c1ccc(CNC(=O)[C@@H]2CCCN2C(=O)[C@@H](NC(=O)COCCCOCCCCCOc2ccc(N3C(=S)N(c4ccc(C#N)c(C(F)(F)F)c4)C(=O)C3(C)C)cc2)C(C)(C)C)cc1. The number of halogens is 3. The van der Waals surface area contributed by atoms with Crippen molar-refractivity contribution < 1.29 is 46.6 Å². The molecule has 6 rings (SSSR count). The lowest BCUT2D eigenvalue weighted by Gasteiger charge is -2.35. The molecule has 3 aromatic carbocycles. The molecule has 2 aliphatic heterocycles. The lowest BCUT2D eigenvalue weighted by Crippen LogP contribution is -2.58. The number of nitriles is 1. The molecule has 70 heavy (non-hydrogen) atoms. The van der Waals surface area contributed by atoms with Gasteiger partial charge in [-0.3, -0.25) is 24.1 Å². The average molecular weight is 1000 g/mol. The Labute approximate surface area is 416 Å². The number of carbonyl (C=O) groups is 4. The van der Waals surface area contributed by atoms with Gasteiger partial charge in [-0.2, -0.15) is 18.4 Å². The molecule has 0 aliphatic carbocycles. The fourth-order valence-electron chi connectivity index (χ4n) is 8.33. The molecule has 4 aromatic rings. The number of aryl methyl sites for hydroxylation is 1. The lowest BCUT2D eigenvalue weighted by atomic mass is 9.85. The predicted octanol–water partition coefficient (Wildman–Crippen LogP) is 8.74. The fraction of sp³-hybridized carbons (Fsp3) is 0.471. The molecule has 3 heterocycles. The second kappa shape index (κ2) is 23.3. The predicted molar refractivity (Wildman–Crippen MR) is 265 cm³/mol. The van der Waals surface area contributed by atoms with E-state index in [1.54, 1.807) is 65.3 Å². The standard InChI is InChI=1S/C51H60F3N7O7S2/c1-33-43(70-32-57-33)35-15-13-34(14-16-35)30-56-45(63)41-12-10-23-59(41)46(64)44(49(2,3)4)58-42(62)31-67-26-11-25-66-24-8-7-9-27-68-39-21-19-37(20-22-39)61-48(69)60(47(65)50(61,5)6)38-18-17-36(29-55)40(28-38)51(52,53)54/h13-22,28,32,41,44H,7-12,23-27,30-31H2,1-6H3,(H,56,63)(H,58,62)/t41-,44+/m0/s1. The first-order valence-corrected chi connectivity index (χ1v) is 24.6. The van der Waals surface area contributed by atoms with Gasteiger partial charge in [0, 0.05) is 38.6 Å². The van der Waals surface area contributed by atoms with Crippen molar-refractivity contribution in [1.29, 1.82) is 5.26 Å². The van der Waals surface area contributed by atoms with E-state index in [0.29, 0.717) is 70.2 Å². The number of anilines is 2. The highest BCUT2D eigenvalue weighted by molar-refractivity contribution is 7.81. The number of nitrogens with one attached hydrogen (secondary N) is 2. The summed E-state index contributed by atoms with van der Waals surface area (Å²) in [6.45, 7) is 13.2. The van der Waals surface area contributed by atoms with Crippen LogP contribution in [0.3, 0.4) is 0 Å². The van der Waals surface area contributed by atoms with Crippen molar-refractivity contribution in [3.8, 4) is 22.3 Å². The minimum atomic E-state index is -4.79. The number of rotatable bonds is 21. The highest BCUT2D eigenvalue weighted by Gasteiger charge is 2.51. The molecule has 2 fully saturated rings. The van der Waals surface area contributed by atoms with Crippen LogP contribution < -0.4 is 25.2 Å². The van der Waals surface area contributed by atoms with Crippen molar-refractivity contribution in [3.63, 3.8) is 0 Å². The number of amides is 4. The van der Waals surface area contributed by atoms with Gasteiger partial charge >= 0.3 is 6.18 Å². The van der Waals surface area contributed by atoms with Gasteiger partial charge < -0.3 is 34.6 Å². The van der Waals surface area contributed by atoms with E-state index in [9.17, 15) is 37.6 Å². The van der Waals surface area contributed by atoms with Crippen molar-refractivity contribution in [2.75, 3.05) is 49.4 Å². The van der Waals surface area contributed by atoms with Crippen LogP contribution in [0.4, 0.5) is 24.5 Å². The summed E-state index contributed by atoms with van der Waals surface area (Å²) in [6.07, 6.45) is -0.550. The largest absolute Gasteiger partial charge is 0.494 e. The van der Waals surface area contributed by atoms with E-state index in [-0.39, 0.29) is 29.2 Å². The molecule has 0 bridgehead atoms. The number of likely N-dealkylation sites (tertiary alicyclic amines) is 1. The van der Waals surface area contributed by atoms with Gasteiger partial charge in [0.05, 0.1) is 45.6 Å². The maximum absolute atomic E-state index is 13.9. The molecule has 0 saturated carbocycles. The molecule has 14 nitrogen and oxygen atoms in total. The number of aromatic nitrogens is 1. The van der Waals surface area contributed by atoms with Gasteiger partial charge in [0.25, 0.3) is 5.91 Å². The summed E-state index contributed by atoms with van der Waals surface area (Å²) in [7, 11) is 0. The quantitative estimate of drug-likeness (QED) is 0.0606. The zero-order valence-corrected chi connectivity index (χ0v) is 42.0. The van der Waals surface area contributed by atoms with Crippen molar-refractivity contribution >= 4 is 63.7 Å². The topological polar surface area (TPSA) is 166 Å². The van der Waals surface area contributed by atoms with Crippen LogP contribution in [-0.4, -0.2) is 95.8 Å². The third-order valence-corrected chi connectivity index (χ3v) is 13.5. The molecular weight excluding hydrogens is 944 g/mol. The number of carbonyl (C=O) groups excluding carboxylic acids is 4. The van der Waals surface area contributed by atoms with Gasteiger partial charge in [-0.15, -0.1) is 11.3 Å². The van der Waals surface area contributed by atoms with E-state index in [4.69, 9.17) is 26.4 Å². The van der Waals surface area contributed by atoms with Gasteiger partial charge in [0.15, 0.2) is 5.11 Å². The van der Waals surface area contributed by atoms with Gasteiger partial charge in [-0.25, -0.2) is 4.98 Å². The van der Waals surface area contributed by atoms with Crippen LogP contribution in [0, 0.1) is 23.7 Å². The number of thiocarbonyl (C=S) groups is 1. The number of alkyl halides is 3. The molecule has 0 unspecified atom stereocenters. The van der Waals surface area contributed by atoms with E-state index >= 15 is 0 Å². The molecule has 0 spiro atoms. The first kappa shape index (κ1) is 53.4. The first-order chi connectivity index (χ1) is 33.2. The summed E-state index contributed by atoms with van der Waals surface area (Å²) in [6, 6.07) is 18.1. The van der Waals surface area contributed by atoms with Gasteiger partial charge in [0.2, 0.25) is 17.7 Å². The third kappa shape index (κ3) is 13.1. The minimum absolute atomic E-state index is 0.00677. The van der Waals surface area contributed by atoms with Gasteiger partial charge in [-0.05, 0) is 131 Å². The second-order valence-electron chi connectivity index (χ2n) is 18.8. The smallest absolute Gasteiger partial charge is 0.417 e. The number of thiazole rings is 1. The Kier molecular flexibility index (Phi) is 17.8. The minimum Gasteiger partial charge on any atom is -0.494 e. The molecule has 4 amide bonds. The van der Waals surface area contributed by atoms with Crippen molar-refractivity contribution in [2.45, 2.75) is 110 Å². The van der Waals surface area contributed by atoms with Crippen molar-refractivity contribution in [3.05, 3.63) is 94.6 Å². The van der Waals surface area contributed by atoms with Crippen LogP contribution in [0.15, 0.2) is 72.2 Å². The van der Waals surface area contributed by atoms with Crippen LogP contribution in [-0.2, 0) is 41.4 Å². The molecular formula is C51H60F3N7O7S2. The summed E-state index contributed by atoms with van der Waals surface area (Å²) in [5.74, 6) is -0.845. The van der Waals surface area contributed by atoms with Crippen LogP contribution in [0.5, 0.6) is 5.75 Å². The van der Waals surface area contributed by atoms with E-state index in [2.05, 4.69) is 15.6 Å². The van der Waals surface area contributed by atoms with E-state index < -0.39 is 52.2 Å². The summed E-state index contributed by atoms with van der Waals surface area (Å²) < 4.78 is 58.4. The van der Waals surface area contributed by atoms with E-state index in [0.717, 1.165) is 58.0 Å². The van der Waals surface area contributed by atoms with Crippen LogP contribution in [0.2, 0.25) is 0 Å². The monoisotopic (exact) mass is 1000 g/mol. The van der Waals surface area contributed by atoms with Crippen molar-refractivity contribution in [1.82, 2.24) is 20.5 Å². The molecule has 2 saturated heterocycles. The normalized spacial score (nSPS) is 16.3. The van der Waals surface area contributed by atoms with Crippen molar-refractivity contribution in [2.24, 2.45) is 5.41 Å². The number of unbranched alkanes of at least 4 members (excludes halogenated alkanes) is 2. The summed E-state index contributed by atoms with van der Waals surface area (Å²) in [5, 5.41) is 15.1. The highest BCUT2D eigenvalue weighted by Crippen LogP contribution is 2.40. The summed E-state index contributed by atoms with van der Waals surface area (Å²) >= 11 is 7.21. The zero-order valence-electron chi connectivity index (χ0n) is 40.3. The summed E-state index contributed by atoms with van der Waals surface area (Å²) in [4.78, 5) is 63.5. The maximum Gasteiger partial charge on any atom is 0.417 e. The average Bonchev–Trinajstić information content (AvgIpc) is 4.03. The summed E-state index contributed by atoms with van der Waals surface area (Å²) in [5.41, 5.74) is 1.76. The highest BCUT2D eigenvalue weighted by atomic mass is 32.1. The Morgan fingerprint density at radius 2 is 1.61 bits per heavy atom. The van der Waals surface area contributed by atoms with Gasteiger partial charge in [-0.1, -0.05) is 45.0 Å². The number of benzene rings is 3. The van der Waals surface area contributed by atoms with Crippen LogP contribution in [0.1, 0.15) is 95.5 Å². The maximum atomic E-state index is 13.9. The molecule has 2 aliphatic rings. The molecule has 2 atom stereocenters. The van der Waals surface area contributed by atoms with E-state index in [1.165, 1.54) is 6.07 Å². The molecule has 1 aromatic heterocycles.